The molecule has 24 heavy (non-hydrogen) atoms. The maximum atomic E-state index is 13.2. The second-order valence-corrected chi connectivity index (χ2v) is 6.30. The number of hydrogen-bond acceptors (Lipinski definition) is 5. The minimum Gasteiger partial charge on any atom is -0.381 e. The molecule has 0 bridgehead atoms. The number of anilines is 3. The van der Waals surface area contributed by atoms with E-state index in [2.05, 4.69) is 20.6 Å². The highest BCUT2D eigenvalue weighted by Gasteiger charge is 2.20. The molecule has 3 rings (SSSR count). The SMILES string of the molecule is CO[C@H]1CC[C@H](Nc2cc(Nc3ccc(F)c(Cl)c3)ncn2)CC1. The van der Waals surface area contributed by atoms with Crippen LogP contribution in [0.5, 0.6) is 0 Å². The summed E-state index contributed by atoms with van der Waals surface area (Å²) in [7, 11) is 1.77. The molecule has 0 amide bonds. The van der Waals surface area contributed by atoms with Gasteiger partial charge >= 0.3 is 0 Å². The smallest absolute Gasteiger partial charge is 0.141 e. The molecule has 0 aliphatic heterocycles. The number of halogens is 2. The molecule has 128 valence electrons. The molecular weight excluding hydrogens is 331 g/mol. The van der Waals surface area contributed by atoms with Crippen molar-refractivity contribution < 1.29 is 9.13 Å². The highest BCUT2D eigenvalue weighted by atomic mass is 35.5. The van der Waals surface area contributed by atoms with Gasteiger partial charge in [-0.1, -0.05) is 11.6 Å². The van der Waals surface area contributed by atoms with E-state index < -0.39 is 5.82 Å². The maximum Gasteiger partial charge on any atom is 0.141 e. The minimum atomic E-state index is -0.445. The summed E-state index contributed by atoms with van der Waals surface area (Å²) in [6, 6.07) is 6.68. The van der Waals surface area contributed by atoms with Crippen molar-refractivity contribution in [3.63, 3.8) is 0 Å². The van der Waals surface area contributed by atoms with Crippen molar-refractivity contribution in [1.29, 1.82) is 0 Å². The van der Waals surface area contributed by atoms with Gasteiger partial charge < -0.3 is 15.4 Å². The normalized spacial score (nSPS) is 20.6. The fraction of sp³-hybridized carbons (Fsp3) is 0.412. The van der Waals surface area contributed by atoms with Crippen LogP contribution in [-0.2, 0) is 4.74 Å². The number of benzene rings is 1. The lowest BCUT2D eigenvalue weighted by atomic mass is 9.93. The molecule has 1 saturated carbocycles. The predicted octanol–water partition coefficient (Wildman–Crippen LogP) is 4.38. The third kappa shape index (κ3) is 4.33. The highest BCUT2D eigenvalue weighted by Crippen LogP contribution is 2.25. The average molecular weight is 351 g/mol. The van der Waals surface area contributed by atoms with Crippen LogP contribution in [0.1, 0.15) is 25.7 Å². The van der Waals surface area contributed by atoms with Gasteiger partial charge in [-0.05, 0) is 43.9 Å². The topological polar surface area (TPSA) is 59.1 Å². The molecule has 1 aliphatic rings. The van der Waals surface area contributed by atoms with Gasteiger partial charge in [-0.25, -0.2) is 14.4 Å². The van der Waals surface area contributed by atoms with Crippen LogP contribution in [0.3, 0.4) is 0 Å². The average Bonchev–Trinajstić information content (AvgIpc) is 2.59. The van der Waals surface area contributed by atoms with Gasteiger partial charge in [0.15, 0.2) is 0 Å². The quantitative estimate of drug-likeness (QED) is 0.837. The van der Waals surface area contributed by atoms with Crippen molar-refractivity contribution in [3.8, 4) is 0 Å². The van der Waals surface area contributed by atoms with Crippen molar-refractivity contribution in [1.82, 2.24) is 9.97 Å². The Hall–Kier alpha value is -1.92. The summed E-state index contributed by atoms with van der Waals surface area (Å²) in [5.41, 5.74) is 0.673. The van der Waals surface area contributed by atoms with Crippen LogP contribution < -0.4 is 10.6 Å². The first kappa shape index (κ1) is 16.9. The first-order valence-corrected chi connectivity index (χ1v) is 8.35. The number of ether oxygens (including phenoxy) is 1. The lowest BCUT2D eigenvalue weighted by Gasteiger charge is -2.28. The van der Waals surface area contributed by atoms with Gasteiger partial charge in [-0.3, -0.25) is 0 Å². The largest absolute Gasteiger partial charge is 0.381 e. The second kappa shape index (κ2) is 7.77. The molecule has 1 aliphatic carbocycles. The second-order valence-electron chi connectivity index (χ2n) is 5.90. The highest BCUT2D eigenvalue weighted by molar-refractivity contribution is 6.31. The zero-order valence-corrected chi connectivity index (χ0v) is 14.2. The molecule has 2 N–H and O–H groups in total. The summed E-state index contributed by atoms with van der Waals surface area (Å²) in [5, 5.41) is 6.61. The van der Waals surface area contributed by atoms with Crippen LogP contribution in [0, 0.1) is 5.82 Å². The third-order valence-electron chi connectivity index (χ3n) is 4.22. The van der Waals surface area contributed by atoms with Crippen LogP contribution in [0.4, 0.5) is 21.7 Å². The monoisotopic (exact) mass is 350 g/mol. The lowest BCUT2D eigenvalue weighted by molar-refractivity contribution is 0.0681. The van der Waals surface area contributed by atoms with Crippen molar-refractivity contribution in [2.45, 2.75) is 37.8 Å². The number of rotatable bonds is 5. The van der Waals surface area contributed by atoms with Crippen LogP contribution in [0.15, 0.2) is 30.6 Å². The molecule has 2 aromatic rings. The third-order valence-corrected chi connectivity index (χ3v) is 4.51. The molecule has 0 radical (unpaired) electrons. The molecule has 7 heteroatoms. The summed E-state index contributed by atoms with van der Waals surface area (Å²) in [5.74, 6) is 0.946. The summed E-state index contributed by atoms with van der Waals surface area (Å²) in [6.45, 7) is 0. The molecular formula is C17H20ClFN4O. The van der Waals surface area contributed by atoms with Gasteiger partial charge in [0.25, 0.3) is 0 Å². The molecule has 1 aromatic carbocycles. The zero-order valence-electron chi connectivity index (χ0n) is 13.4. The number of nitrogens with zero attached hydrogens (tertiary/aromatic N) is 2. The molecule has 1 heterocycles. The van der Waals surface area contributed by atoms with Crippen molar-refractivity contribution in [2.24, 2.45) is 0 Å². The summed E-state index contributed by atoms with van der Waals surface area (Å²) >= 11 is 5.79. The predicted molar refractivity (Wildman–Crippen MR) is 93.4 cm³/mol. The summed E-state index contributed by atoms with van der Waals surface area (Å²) < 4.78 is 18.6. The minimum absolute atomic E-state index is 0.0716. The molecule has 1 aromatic heterocycles. The molecule has 0 unspecified atom stereocenters. The lowest BCUT2D eigenvalue weighted by Crippen LogP contribution is -2.29. The van der Waals surface area contributed by atoms with Crippen molar-refractivity contribution in [3.05, 3.63) is 41.4 Å². The van der Waals surface area contributed by atoms with Crippen molar-refractivity contribution in [2.75, 3.05) is 17.7 Å². The van der Waals surface area contributed by atoms with E-state index in [0.717, 1.165) is 31.5 Å². The van der Waals surface area contributed by atoms with E-state index in [1.54, 1.807) is 13.2 Å². The van der Waals surface area contributed by atoms with Crippen LogP contribution >= 0.6 is 11.6 Å². The van der Waals surface area contributed by atoms with Gasteiger partial charge in [0.1, 0.15) is 23.8 Å². The van der Waals surface area contributed by atoms with E-state index in [4.69, 9.17) is 16.3 Å². The zero-order chi connectivity index (χ0) is 16.9. The van der Waals surface area contributed by atoms with Gasteiger partial charge in [-0.15, -0.1) is 0 Å². The van der Waals surface area contributed by atoms with Gasteiger partial charge in [0.05, 0.1) is 11.1 Å². The van der Waals surface area contributed by atoms with Gasteiger partial charge in [0.2, 0.25) is 0 Å². The number of methoxy groups -OCH3 is 1. The molecule has 5 nitrogen and oxygen atoms in total. The Morgan fingerprint density at radius 2 is 1.88 bits per heavy atom. The molecule has 0 atom stereocenters. The standard InChI is InChI=1S/C17H20ClFN4O/c1-24-13-5-2-11(3-6-13)22-16-9-17(21-10-20-16)23-12-4-7-15(19)14(18)8-12/h4,7-11,13H,2-3,5-6H2,1H3,(H2,20,21,22,23)/t11-,13-. The molecule has 0 spiro atoms. The number of hydrogen-bond donors (Lipinski definition) is 2. The van der Waals surface area contributed by atoms with E-state index >= 15 is 0 Å². The maximum absolute atomic E-state index is 13.2. The molecule has 1 fully saturated rings. The van der Waals surface area contributed by atoms with Gasteiger partial charge in [0, 0.05) is 24.9 Å². The Balaban J connectivity index is 1.62. The summed E-state index contributed by atoms with van der Waals surface area (Å²) in [4.78, 5) is 8.45. The van der Waals surface area contributed by atoms with E-state index in [0.29, 0.717) is 23.7 Å². The van der Waals surface area contributed by atoms with Crippen LogP contribution in [0.25, 0.3) is 0 Å². The van der Waals surface area contributed by atoms with Crippen LogP contribution in [-0.4, -0.2) is 29.2 Å². The first-order valence-electron chi connectivity index (χ1n) is 7.97. The number of nitrogens with one attached hydrogen (secondary N) is 2. The Labute approximate surface area is 145 Å². The Morgan fingerprint density at radius 3 is 2.58 bits per heavy atom. The van der Waals surface area contributed by atoms with Crippen LogP contribution in [0.2, 0.25) is 5.02 Å². The van der Waals surface area contributed by atoms with E-state index in [9.17, 15) is 4.39 Å². The van der Waals surface area contributed by atoms with E-state index in [1.807, 2.05) is 6.07 Å². The Bertz CT molecular complexity index is 692. The van der Waals surface area contributed by atoms with Crippen molar-refractivity contribution >= 4 is 28.9 Å². The summed E-state index contributed by atoms with van der Waals surface area (Å²) in [6.07, 6.45) is 6.08. The first-order chi connectivity index (χ1) is 11.6. The van der Waals surface area contributed by atoms with E-state index in [1.165, 1.54) is 18.5 Å². The van der Waals surface area contributed by atoms with E-state index in [-0.39, 0.29) is 5.02 Å². The number of aromatic nitrogens is 2. The Morgan fingerprint density at radius 1 is 1.12 bits per heavy atom. The fourth-order valence-corrected chi connectivity index (χ4v) is 3.06. The molecule has 0 saturated heterocycles. The fourth-order valence-electron chi connectivity index (χ4n) is 2.88. The Kier molecular flexibility index (Phi) is 5.48. The van der Waals surface area contributed by atoms with Gasteiger partial charge in [-0.2, -0.15) is 0 Å².